The van der Waals surface area contributed by atoms with E-state index in [1.54, 1.807) is 0 Å². The average molecular weight is 641 g/mol. The Labute approximate surface area is 296 Å². The predicted molar refractivity (Wildman–Crippen MR) is 209 cm³/mol. The van der Waals surface area contributed by atoms with Crippen molar-refractivity contribution in [3.05, 3.63) is 176 Å². The van der Waals surface area contributed by atoms with Crippen LogP contribution in [0.4, 0.5) is 0 Å². The molecule has 0 aliphatic rings. The van der Waals surface area contributed by atoms with Gasteiger partial charge in [0.2, 0.25) is 0 Å². The van der Waals surface area contributed by atoms with Crippen LogP contribution in [-0.2, 0) is 0 Å². The predicted octanol–water partition coefficient (Wildman–Crippen LogP) is 12.3. The summed E-state index contributed by atoms with van der Waals surface area (Å²) in [6.07, 6.45) is 0. The van der Waals surface area contributed by atoms with E-state index >= 15 is 0 Å². The van der Waals surface area contributed by atoms with Gasteiger partial charge in [-0.3, -0.25) is 0 Å². The molecule has 50 heavy (non-hydrogen) atoms. The molecule has 0 unspecified atom stereocenters. The molecule has 3 nitrogen and oxygen atoms in total. The maximum atomic E-state index is 8.94. The molecule has 0 aliphatic heterocycles. The molecular formula is C47H29N3. The van der Waals surface area contributed by atoms with E-state index in [-0.39, 0.29) is 29.7 Å². The molecule has 10 rings (SSSR count). The van der Waals surface area contributed by atoms with E-state index in [1.807, 2.05) is 78.9 Å². The molecule has 1 heterocycles. The molecule has 0 fully saturated rings. The first-order chi connectivity index (χ1) is 26.9. The van der Waals surface area contributed by atoms with E-state index in [0.717, 1.165) is 59.8 Å². The van der Waals surface area contributed by atoms with Gasteiger partial charge in [0.05, 0.1) is 6.85 Å². The van der Waals surface area contributed by atoms with Crippen LogP contribution in [0.2, 0.25) is 0 Å². The van der Waals surface area contributed by atoms with Crippen LogP contribution in [0.3, 0.4) is 0 Å². The second kappa shape index (κ2) is 11.5. The van der Waals surface area contributed by atoms with Crippen molar-refractivity contribution in [2.75, 3.05) is 0 Å². The molecule has 0 saturated carbocycles. The molecule has 10 aromatic rings. The zero-order chi connectivity index (χ0) is 37.4. The minimum absolute atomic E-state index is 0.155. The highest BCUT2D eigenvalue weighted by Crippen LogP contribution is 2.43. The van der Waals surface area contributed by atoms with Crippen molar-refractivity contribution in [3.63, 3.8) is 0 Å². The monoisotopic (exact) mass is 640 g/mol. The van der Waals surface area contributed by atoms with Crippen LogP contribution in [0.5, 0.6) is 0 Å². The van der Waals surface area contributed by atoms with E-state index in [4.69, 9.17) is 21.8 Å². The number of benzene rings is 9. The first-order valence-corrected chi connectivity index (χ1v) is 16.5. The molecule has 0 N–H and O–H groups in total. The molecule has 0 aliphatic carbocycles. The van der Waals surface area contributed by atoms with Gasteiger partial charge in [-0.25, -0.2) is 15.0 Å². The van der Waals surface area contributed by atoms with Crippen LogP contribution in [0.15, 0.2) is 176 Å². The molecule has 0 saturated heterocycles. The van der Waals surface area contributed by atoms with Gasteiger partial charge in [-0.1, -0.05) is 164 Å². The molecule has 9 aromatic carbocycles. The fraction of sp³-hybridized carbons (Fsp3) is 0. The molecule has 0 radical (unpaired) electrons. The van der Waals surface area contributed by atoms with Crippen LogP contribution in [0, 0.1) is 0 Å². The fourth-order valence-corrected chi connectivity index (χ4v) is 7.31. The number of nitrogens with zero attached hydrogens (tertiary/aromatic N) is 3. The SMILES string of the molecule is [2H]c1c([2H])c([2H])c(-c2c3ccccc3c(-c3nc(-c4ccccc4)nc(-c4cccc5c4ccc4cc6ccccc6cc45)n3)c3ccccc23)c([2H])c1[2H]. The largest absolute Gasteiger partial charge is 0.208 e. The zero-order valence-electron chi connectivity index (χ0n) is 31.7. The lowest BCUT2D eigenvalue weighted by Crippen LogP contribution is -2.02. The van der Waals surface area contributed by atoms with Gasteiger partial charge in [-0.15, -0.1) is 0 Å². The normalized spacial score (nSPS) is 13.0. The lowest BCUT2D eigenvalue weighted by molar-refractivity contribution is 1.08. The van der Waals surface area contributed by atoms with E-state index in [2.05, 4.69) is 66.7 Å². The lowest BCUT2D eigenvalue weighted by Gasteiger charge is -2.17. The minimum Gasteiger partial charge on any atom is -0.208 e. The van der Waals surface area contributed by atoms with Gasteiger partial charge in [0, 0.05) is 16.7 Å². The molecular weight excluding hydrogens is 607 g/mol. The van der Waals surface area contributed by atoms with Crippen LogP contribution in [0.25, 0.3) is 99.2 Å². The van der Waals surface area contributed by atoms with Crippen LogP contribution in [0.1, 0.15) is 6.85 Å². The summed E-state index contributed by atoms with van der Waals surface area (Å²) in [5.41, 5.74) is 3.20. The first kappa shape index (κ1) is 23.6. The Morgan fingerprint density at radius 2 is 0.920 bits per heavy atom. The van der Waals surface area contributed by atoms with E-state index in [1.165, 1.54) is 10.8 Å². The standard InChI is InChI=1S/C47H29N3/c1-3-14-30(15-4-1)43-37-20-9-11-22-39(37)44(40-23-12-10-21-38(40)43)47-49-45(31-16-5-2-6-17-31)48-46(50-47)41-25-13-24-35-36(41)27-26-34-28-32-18-7-8-19-33(32)29-42(34)35/h1-29H/i1D,3D,4D,14D,15D. The van der Waals surface area contributed by atoms with Crippen molar-refractivity contribution in [1.82, 2.24) is 15.0 Å². The Kier molecular flexibility index (Phi) is 5.41. The third-order valence-corrected chi connectivity index (χ3v) is 9.56. The Bertz CT molecular complexity index is 3130. The maximum absolute atomic E-state index is 8.94. The molecule has 0 atom stereocenters. The second-order valence-electron chi connectivity index (χ2n) is 12.4. The highest BCUT2D eigenvalue weighted by atomic mass is 15.0. The summed E-state index contributed by atoms with van der Waals surface area (Å²) in [7, 11) is 0. The van der Waals surface area contributed by atoms with Crippen molar-refractivity contribution >= 4 is 53.9 Å². The summed E-state index contributed by atoms with van der Waals surface area (Å²) in [5.74, 6) is 1.51. The summed E-state index contributed by atoms with van der Waals surface area (Å²) in [5, 5.41) is 9.81. The summed E-state index contributed by atoms with van der Waals surface area (Å²) >= 11 is 0. The number of aromatic nitrogens is 3. The second-order valence-corrected chi connectivity index (χ2v) is 12.4. The Morgan fingerprint density at radius 3 is 1.64 bits per heavy atom. The van der Waals surface area contributed by atoms with Crippen molar-refractivity contribution in [1.29, 1.82) is 0 Å². The molecule has 0 bridgehead atoms. The van der Waals surface area contributed by atoms with Gasteiger partial charge in [0.1, 0.15) is 0 Å². The van der Waals surface area contributed by atoms with Gasteiger partial charge in [0.25, 0.3) is 0 Å². The third-order valence-electron chi connectivity index (χ3n) is 9.56. The minimum atomic E-state index is -0.426. The molecule has 0 amide bonds. The molecule has 0 spiro atoms. The fourth-order valence-electron chi connectivity index (χ4n) is 7.31. The van der Waals surface area contributed by atoms with E-state index in [0.29, 0.717) is 23.0 Å². The maximum Gasteiger partial charge on any atom is 0.165 e. The Balaban J connectivity index is 1.29. The average Bonchev–Trinajstić information content (AvgIpc) is 3.24. The third kappa shape index (κ3) is 4.56. The smallest absolute Gasteiger partial charge is 0.165 e. The van der Waals surface area contributed by atoms with Gasteiger partial charge in [-0.2, -0.15) is 0 Å². The summed E-state index contributed by atoms with van der Waals surface area (Å²) in [6, 6.07) is 47.1. The zero-order valence-corrected chi connectivity index (χ0v) is 26.7. The highest BCUT2D eigenvalue weighted by molar-refractivity contribution is 6.21. The van der Waals surface area contributed by atoms with Gasteiger partial charge >= 0.3 is 0 Å². The molecule has 1 aromatic heterocycles. The number of fused-ring (bicyclic) bond motifs is 6. The van der Waals surface area contributed by atoms with Crippen molar-refractivity contribution in [2.24, 2.45) is 0 Å². The quantitative estimate of drug-likeness (QED) is 0.142. The highest BCUT2D eigenvalue weighted by Gasteiger charge is 2.21. The van der Waals surface area contributed by atoms with Gasteiger partial charge in [0.15, 0.2) is 17.5 Å². The molecule has 232 valence electrons. The number of hydrogen-bond acceptors (Lipinski definition) is 3. The van der Waals surface area contributed by atoms with E-state index < -0.39 is 6.04 Å². The topological polar surface area (TPSA) is 38.7 Å². The van der Waals surface area contributed by atoms with Crippen LogP contribution in [-0.4, -0.2) is 15.0 Å². The van der Waals surface area contributed by atoms with Crippen LogP contribution >= 0.6 is 0 Å². The van der Waals surface area contributed by atoms with Crippen molar-refractivity contribution in [3.8, 4) is 45.3 Å². The van der Waals surface area contributed by atoms with Gasteiger partial charge < -0.3 is 0 Å². The lowest BCUT2D eigenvalue weighted by atomic mass is 9.88. The van der Waals surface area contributed by atoms with Crippen LogP contribution < -0.4 is 0 Å². The van der Waals surface area contributed by atoms with Gasteiger partial charge in [-0.05, 0) is 77.1 Å². The number of rotatable bonds is 4. The summed E-state index contributed by atoms with van der Waals surface area (Å²) < 4.78 is 43.1. The molecule has 3 heteroatoms. The summed E-state index contributed by atoms with van der Waals surface area (Å²) in [4.78, 5) is 15.6. The summed E-state index contributed by atoms with van der Waals surface area (Å²) in [6.45, 7) is 0. The Morgan fingerprint density at radius 1 is 0.340 bits per heavy atom. The first-order valence-electron chi connectivity index (χ1n) is 19.0. The van der Waals surface area contributed by atoms with Crippen molar-refractivity contribution < 1.29 is 6.85 Å². The number of hydrogen-bond donors (Lipinski definition) is 0. The van der Waals surface area contributed by atoms with Crippen molar-refractivity contribution in [2.45, 2.75) is 0 Å². The Hall–Kier alpha value is -6.71. The van der Waals surface area contributed by atoms with E-state index in [9.17, 15) is 0 Å².